The van der Waals surface area contributed by atoms with Crippen molar-refractivity contribution >= 4 is 11.3 Å². The average molecular weight is 260 g/mol. The Morgan fingerprint density at radius 2 is 2.33 bits per heavy atom. The van der Waals surface area contributed by atoms with Gasteiger partial charge >= 0.3 is 0 Å². The number of thiazole rings is 1. The molecule has 1 aliphatic heterocycles. The molecule has 2 aromatic rings. The fourth-order valence-corrected chi connectivity index (χ4v) is 3.16. The topological polar surface area (TPSA) is 41.9 Å². The lowest BCUT2D eigenvalue weighted by molar-refractivity contribution is 0.243. The number of hydrogen-bond donors (Lipinski definition) is 0. The molecule has 3 heterocycles. The summed E-state index contributed by atoms with van der Waals surface area (Å²) < 4.78 is 0. The first kappa shape index (κ1) is 11.7. The van der Waals surface area contributed by atoms with Crippen LogP contribution in [0.25, 0.3) is 0 Å². The highest BCUT2D eigenvalue weighted by Crippen LogP contribution is 2.32. The van der Waals surface area contributed by atoms with Gasteiger partial charge in [-0.15, -0.1) is 11.3 Å². The third-order valence-electron chi connectivity index (χ3n) is 3.32. The van der Waals surface area contributed by atoms with E-state index in [9.17, 15) is 0 Å². The van der Waals surface area contributed by atoms with Crippen LogP contribution in [0.4, 0.5) is 0 Å². The molecule has 0 aliphatic carbocycles. The van der Waals surface area contributed by atoms with Crippen LogP contribution in [0, 0.1) is 6.92 Å². The van der Waals surface area contributed by atoms with Crippen molar-refractivity contribution in [1.29, 1.82) is 0 Å². The van der Waals surface area contributed by atoms with Gasteiger partial charge in [0.25, 0.3) is 0 Å². The molecule has 0 unspecified atom stereocenters. The molecule has 0 radical (unpaired) electrons. The van der Waals surface area contributed by atoms with E-state index in [1.54, 1.807) is 11.3 Å². The van der Waals surface area contributed by atoms with Gasteiger partial charge in [-0.05, 0) is 32.4 Å². The van der Waals surface area contributed by atoms with Crippen LogP contribution in [0.1, 0.15) is 35.4 Å². The van der Waals surface area contributed by atoms with E-state index in [0.717, 1.165) is 24.6 Å². The number of aryl methyl sites for hydroxylation is 1. The monoisotopic (exact) mass is 260 g/mol. The van der Waals surface area contributed by atoms with Gasteiger partial charge < -0.3 is 0 Å². The van der Waals surface area contributed by atoms with Gasteiger partial charge in [0, 0.05) is 17.8 Å². The Kier molecular flexibility index (Phi) is 3.34. The van der Waals surface area contributed by atoms with Gasteiger partial charge in [0.05, 0.1) is 18.3 Å². The number of hydrogen-bond acceptors (Lipinski definition) is 5. The first-order chi connectivity index (χ1) is 8.83. The first-order valence-electron chi connectivity index (χ1n) is 6.25. The van der Waals surface area contributed by atoms with Crippen LogP contribution in [0.3, 0.4) is 0 Å². The quantitative estimate of drug-likeness (QED) is 0.850. The second-order valence-electron chi connectivity index (χ2n) is 4.58. The van der Waals surface area contributed by atoms with Crippen LogP contribution >= 0.6 is 11.3 Å². The predicted octanol–water partition coefficient (Wildman–Crippen LogP) is 2.58. The van der Waals surface area contributed by atoms with Crippen LogP contribution in [0.5, 0.6) is 0 Å². The van der Waals surface area contributed by atoms with Crippen molar-refractivity contribution in [3.63, 3.8) is 0 Å². The lowest BCUT2D eigenvalue weighted by Gasteiger charge is -2.22. The summed E-state index contributed by atoms with van der Waals surface area (Å²) in [6.07, 6.45) is 6.15. The molecule has 1 fully saturated rings. The number of likely N-dealkylation sites (tertiary alicyclic amines) is 1. The van der Waals surface area contributed by atoms with Crippen LogP contribution in [0.2, 0.25) is 0 Å². The molecule has 1 atom stereocenters. The minimum absolute atomic E-state index is 0.426. The Balaban J connectivity index is 1.79. The normalized spacial score (nSPS) is 20.4. The summed E-state index contributed by atoms with van der Waals surface area (Å²) in [7, 11) is 0. The van der Waals surface area contributed by atoms with E-state index >= 15 is 0 Å². The zero-order valence-electron chi connectivity index (χ0n) is 10.4. The van der Waals surface area contributed by atoms with Gasteiger partial charge in [-0.1, -0.05) is 0 Å². The van der Waals surface area contributed by atoms with Gasteiger partial charge in [-0.2, -0.15) is 0 Å². The Morgan fingerprint density at radius 3 is 3.11 bits per heavy atom. The zero-order valence-corrected chi connectivity index (χ0v) is 11.2. The van der Waals surface area contributed by atoms with E-state index in [1.807, 2.05) is 30.8 Å². The second kappa shape index (κ2) is 5.12. The van der Waals surface area contributed by atoms with E-state index in [0.29, 0.717) is 6.04 Å². The van der Waals surface area contributed by atoms with Crippen molar-refractivity contribution in [1.82, 2.24) is 19.9 Å². The third kappa shape index (κ3) is 2.42. The Bertz CT molecular complexity index is 511. The standard InChI is InChI=1S/C13H16N4S/c1-10-14-5-4-11(16-10)12-3-2-7-17(12)9-13-15-6-8-18-13/h4-6,8,12H,2-3,7,9H2,1H3/t12-/m0/s1. The molecule has 3 rings (SSSR count). The molecule has 2 aromatic heterocycles. The fourth-order valence-electron chi connectivity index (χ4n) is 2.52. The maximum atomic E-state index is 4.56. The Morgan fingerprint density at radius 1 is 1.39 bits per heavy atom. The smallest absolute Gasteiger partial charge is 0.125 e. The minimum Gasteiger partial charge on any atom is -0.288 e. The highest BCUT2D eigenvalue weighted by molar-refractivity contribution is 7.09. The van der Waals surface area contributed by atoms with E-state index in [2.05, 4.69) is 19.9 Å². The molecule has 0 bridgehead atoms. The van der Waals surface area contributed by atoms with Crippen molar-refractivity contribution < 1.29 is 0 Å². The number of aromatic nitrogens is 3. The summed E-state index contributed by atoms with van der Waals surface area (Å²) in [6.45, 7) is 4.02. The highest BCUT2D eigenvalue weighted by atomic mass is 32.1. The molecular formula is C13H16N4S. The molecule has 0 saturated carbocycles. The van der Waals surface area contributed by atoms with Crippen LogP contribution in [-0.4, -0.2) is 26.4 Å². The largest absolute Gasteiger partial charge is 0.288 e. The van der Waals surface area contributed by atoms with Crippen LogP contribution in [-0.2, 0) is 6.54 Å². The van der Waals surface area contributed by atoms with Crippen LogP contribution < -0.4 is 0 Å². The fraction of sp³-hybridized carbons (Fsp3) is 0.462. The molecule has 4 nitrogen and oxygen atoms in total. The summed E-state index contributed by atoms with van der Waals surface area (Å²) >= 11 is 1.72. The maximum absolute atomic E-state index is 4.56. The van der Waals surface area contributed by atoms with E-state index in [-0.39, 0.29) is 0 Å². The van der Waals surface area contributed by atoms with Gasteiger partial charge in [0.15, 0.2) is 0 Å². The van der Waals surface area contributed by atoms with Crippen molar-refractivity contribution in [2.24, 2.45) is 0 Å². The number of rotatable bonds is 3. The molecule has 1 aliphatic rings. The van der Waals surface area contributed by atoms with E-state index < -0.39 is 0 Å². The first-order valence-corrected chi connectivity index (χ1v) is 7.13. The van der Waals surface area contributed by atoms with Crippen molar-refractivity contribution in [2.75, 3.05) is 6.54 Å². The third-order valence-corrected chi connectivity index (χ3v) is 4.09. The Hall–Kier alpha value is -1.33. The molecule has 1 saturated heterocycles. The second-order valence-corrected chi connectivity index (χ2v) is 5.56. The Labute approximate surface area is 111 Å². The predicted molar refractivity (Wildman–Crippen MR) is 71.3 cm³/mol. The van der Waals surface area contributed by atoms with Crippen molar-refractivity contribution in [2.45, 2.75) is 32.4 Å². The van der Waals surface area contributed by atoms with Crippen LogP contribution in [0.15, 0.2) is 23.8 Å². The SMILES string of the molecule is Cc1nccc([C@@H]2CCCN2Cc2nccs2)n1. The molecule has 94 valence electrons. The van der Waals surface area contributed by atoms with Gasteiger partial charge in [0.1, 0.15) is 10.8 Å². The molecule has 0 N–H and O–H groups in total. The molecular weight excluding hydrogens is 244 g/mol. The molecule has 18 heavy (non-hydrogen) atoms. The molecule has 0 spiro atoms. The van der Waals surface area contributed by atoms with Gasteiger partial charge in [-0.3, -0.25) is 4.90 Å². The highest BCUT2D eigenvalue weighted by Gasteiger charge is 2.27. The maximum Gasteiger partial charge on any atom is 0.125 e. The summed E-state index contributed by atoms with van der Waals surface area (Å²) in [5.74, 6) is 0.855. The van der Waals surface area contributed by atoms with Gasteiger partial charge in [0.2, 0.25) is 0 Å². The van der Waals surface area contributed by atoms with Crippen molar-refractivity contribution in [3.8, 4) is 0 Å². The zero-order chi connectivity index (χ0) is 12.4. The number of nitrogens with zero attached hydrogens (tertiary/aromatic N) is 4. The summed E-state index contributed by atoms with van der Waals surface area (Å²) in [5.41, 5.74) is 1.15. The summed E-state index contributed by atoms with van der Waals surface area (Å²) in [6, 6.07) is 2.47. The van der Waals surface area contributed by atoms with E-state index in [4.69, 9.17) is 0 Å². The average Bonchev–Trinajstić information content (AvgIpc) is 3.01. The molecule has 5 heteroatoms. The van der Waals surface area contributed by atoms with Gasteiger partial charge in [-0.25, -0.2) is 15.0 Å². The lowest BCUT2D eigenvalue weighted by atomic mass is 10.1. The summed E-state index contributed by atoms with van der Waals surface area (Å²) in [4.78, 5) is 15.6. The lowest BCUT2D eigenvalue weighted by Crippen LogP contribution is -2.23. The molecule has 0 aromatic carbocycles. The summed E-state index contributed by atoms with van der Waals surface area (Å²) in [5, 5.41) is 3.22. The van der Waals surface area contributed by atoms with Crippen molar-refractivity contribution in [3.05, 3.63) is 40.4 Å². The molecule has 0 amide bonds. The minimum atomic E-state index is 0.426. The van der Waals surface area contributed by atoms with E-state index in [1.165, 1.54) is 17.8 Å².